The summed E-state index contributed by atoms with van der Waals surface area (Å²) in [5.41, 5.74) is 0.0655. The van der Waals surface area contributed by atoms with Gasteiger partial charge in [0.05, 0.1) is 16.7 Å². The fourth-order valence-electron chi connectivity index (χ4n) is 1.38. The number of halogens is 2. The lowest BCUT2D eigenvalue weighted by molar-refractivity contribution is -0.385. The largest absolute Gasteiger partial charge is 0.383 e. The number of nitrogens with one attached hydrogen (secondary N) is 1. The van der Waals surface area contributed by atoms with Crippen LogP contribution < -0.4 is 5.32 Å². The minimum Gasteiger partial charge on any atom is -0.383 e. The molecule has 0 aliphatic rings. The van der Waals surface area contributed by atoms with Gasteiger partial charge in [-0.25, -0.2) is 4.39 Å². The summed E-state index contributed by atoms with van der Waals surface area (Å²) < 4.78 is 13.4. The Labute approximate surface area is 112 Å². The Balaban J connectivity index is 0.00000289. The minimum absolute atomic E-state index is 0. The Kier molecular flexibility index (Phi) is 7.23. The maximum Gasteiger partial charge on any atom is 0.272 e. The van der Waals surface area contributed by atoms with Crippen molar-refractivity contribution in [2.75, 3.05) is 32.5 Å². The molecule has 0 fully saturated rings. The van der Waals surface area contributed by atoms with Gasteiger partial charge < -0.3 is 10.2 Å². The molecule has 0 aliphatic carbocycles. The smallest absolute Gasteiger partial charge is 0.272 e. The lowest BCUT2D eigenvalue weighted by atomic mass is 10.2. The van der Waals surface area contributed by atoms with Crippen molar-refractivity contribution in [3.05, 3.63) is 34.1 Å². The molecular weight excluding hydrogens is 261 g/mol. The highest BCUT2D eigenvalue weighted by molar-refractivity contribution is 5.85. The molecule has 0 bridgehead atoms. The van der Waals surface area contributed by atoms with E-state index in [1.807, 2.05) is 19.0 Å². The predicted octanol–water partition coefficient (Wildman–Crippen LogP) is 2.52. The van der Waals surface area contributed by atoms with E-state index >= 15 is 0 Å². The Morgan fingerprint density at radius 3 is 2.61 bits per heavy atom. The number of hydrogen-bond donors (Lipinski definition) is 1. The second kappa shape index (κ2) is 7.84. The van der Waals surface area contributed by atoms with E-state index in [1.165, 1.54) is 12.1 Å². The van der Waals surface area contributed by atoms with Gasteiger partial charge in [0.2, 0.25) is 0 Å². The third kappa shape index (κ3) is 5.29. The van der Waals surface area contributed by atoms with E-state index in [-0.39, 0.29) is 18.1 Å². The summed E-state index contributed by atoms with van der Waals surface area (Å²) >= 11 is 0. The highest BCUT2D eigenvalue weighted by atomic mass is 35.5. The lowest BCUT2D eigenvalue weighted by Crippen LogP contribution is -2.16. The number of rotatable bonds is 6. The third-order valence-corrected chi connectivity index (χ3v) is 2.26. The zero-order valence-electron chi connectivity index (χ0n) is 10.4. The summed E-state index contributed by atoms with van der Waals surface area (Å²) in [5, 5.41) is 13.3. The van der Waals surface area contributed by atoms with Crippen LogP contribution in [0.15, 0.2) is 18.2 Å². The van der Waals surface area contributed by atoms with Crippen molar-refractivity contribution in [1.29, 1.82) is 0 Å². The molecule has 1 aromatic rings. The number of nitro groups is 1. The van der Waals surface area contributed by atoms with Gasteiger partial charge in [0.15, 0.2) is 5.82 Å². The van der Waals surface area contributed by atoms with Crippen molar-refractivity contribution in [2.24, 2.45) is 0 Å². The van der Waals surface area contributed by atoms with E-state index in [9.17, 15) is 14.5 Å². The van der Waals surface area contributed by atoms with Crippen molar-refractivity contribution < 1.29 is 9.31 Å². The lowest BCUT2D eigenvalue weighted by Gasteiger charge is -2.10. The van der Waals surface area contributed by atoms with Crippen molar-refractivity contribution in [1.82, 2.24) is 4.90 Å². The van der Waals surface area contributed by atoms with E-state index in [2.05, 4.69) is 5.32 Å². The summed E-state index contributed by atoms with van der Waals surface area (Å²) in [6, 6.07) is 3.61. The molecule has 0 atom stereocenters. The van der Waals surface area contributed by atoms with Crippen molar-refractivity contribution in [3.63, 3.8) is 0 Å². The standard InChI is InChI=1S/C11H16FN3O2.ClH/c1-14(2)7-3-6-13-11-5-4-9(15(16)17)8-10(11)12;/h4-5,8,13H,3,6-7H2,1-2H3;1H. The molecule has 0 unspecified atom stereocenters. The highest BCUT2D eigenvalue weighted by Gasteiger charge is 2.09. The Morgan fingerprint density at radius 1 is 1.44 bits per heavy atom. The molecule has 7 heteroatoms. The van der Waals surface area contributed by atoms with Gasteiger partial charge in [0.1, 0.15) is 0 Å². The monoisotopic (exact) mass is 277 g/mol. The van der Waals surface area contributed by atoms with Gasteiger partial charge in [-0.1, -0.05) is 0 Å². The minimum atomic E-state index is -0.612. The molecule has 0 saturated carbocycles. The number of hydrogen-bond acceptors (Lipinski definition) is 4. The van der Waals surface area contributed by atoms with Crippen LogP contribution in [0.1, 0.15) is 6.42 Å². The molecule has 0 aliphatic heterocycles. The molecule has 1 aromatic carbocycles. The van der Waals surface area contributed by atoms with Crippen LogP contribution in [0.4, 0.5) is 15.8 Å². The SMILES string of the molecule is CN(C)CCCNc1ccc([N+](=O)[O-])cc1F.Cl. The summed E-state index contributed by atoms with van der Waals surface area (Å²) in [5.74, 6) is -0.593. The van der Waals surface area contributed by atoms with Crippen LogP contribution in [0.25, 0.3) is 0 Å². The number of anilines is 1. The van der Waals surface area contributed by atoms with E-state index in [4.69, 9.17) is 0 Å². The van der Waals surface area contributed by atoms with Crippen molar-refractivity contribution >= 4 is 23.8 Å². The van der Waals surface area contributed by atoms with Gasteiger partial charge in [-0.15, -0.1) is 12.4 Å². The third-order valence-electron chi connectivity index (χ3n) is 2.26. The first-order valence-corrected chi connectivity index (χ1v) is 5.33. The summed E-state index contributed by atoms with van der Waals surface area (Å²) in [6.45, 7) is 1.54. The van der Waals surface area contributed by atoms with Crippen LogP contribution in [-0.4, -0.2) is 37.0 Å². The molecular formula is C11H17ClFN3O2. The molecule has 1 rings (SSSR count). The number of non-ortho nitro benzene ring substituents is 1. The molecule has 0 saturated heterocycles. The zero-order valence-corrected chi connectivity index (χ0v) is 11.2. The Hall–Kier alpha value is -1.40. The summed E-state index contributed by atoms with van der Waals surface area (Å²) in [4.78, 5) is 11.8. The van der Waals surface area contributed by atoms with Gasteiger partial charge in [-0.05, 0) is 33.1 Å². The van der Waals surface area contributed by atoms with Gasteiger partial charge in [-0.2, -0.15) is 0 Å². The molecule has 0 heterocycles. The van der Waals surface area contributed by atoms with E-state index in [0.29, 0.717) is 12.2 Å². The first-order chi connectivity index (χ1) is 8.00. The maximum absolute atomic E-state index is 13.4. The molecule has 102 valence electrons. The Morgan fingerprint density at radius 2 is 2.11 bits per heavy atom. The average Bonchev–Trinajstić information content (AvgIpc) is 2.25. The van der Waals surface area contributed by atoms with Crippen LogP contribution >= 0.6 is 12.4 Å². The highest BCUT2D eigenvalue weighted by Crippen LogP contribution is 2.20. The quantitative estimate of drug-likeness (QED) is 0.493. The van der Waals surface area contributed by atoms with Crippen LogP contribution in [0, 0.1) is 15.9 Å². The molecule has 0 radical (unpaired) electrons. The molecule has 1 N–H and O–H groups in total. The first-order valence-electron chi connectivity index (χ1n) is 5.33. The zero-order chi connectivity index (χ0) is 12.8. The van der Waals surface area contributed by atoms with Gasteiger partial charge in [-0.3, -0.25) is 10.1 Å². The second-order valence-electron chi connectivity index (χ2n) is 4.00. The number of nitro benzene ring substituents is 1. The van der Waals surface area contributed by atoms with Crippen LogP contribution in [-0.2, 0) is 0 Å². The van der Waals surface area contributed by atoms with Gasteiger partial charge >= 0.3 is 0 Å². The van der Waals surface area contributed by atoms with Crippen LogP contribution in [0.2, 0.25) is 0 Å². The molecule has 18 heavy (non-hydrogen) atoms. The fraction of sp³-hybridized carbons (Fsp3) is 0.455. The van der Waals surface area contributed by atoms with Gasteiger partial charge in [0.25, 0.3) is 5.69 Å². The first kappa shape index (κ1) is 16.6. The van der Waals surface area contributed by atoms with Crippen molar-refractivity contribution in [2.45, 2.75) is 6.42 Å². The van der Waals surface area contributed by atoms with Crippen LogP contribution in [0.5, 0.6) is 0 Å². The molecule has 0 spiro atoms. The second-order valence-corrected chi connectivity index (χ2v) is 4.00. The molecule has 0 aromatic heterocycles. The normalized spacial score (nSPS) is 10.0. The van der Waals surface area contributed by atoms with Crippen molar-refractivity contribution in [3.8, 4) is 0 Å². The topological polar surface area (TPSA) is 58.4 Å². The summed E-state index contributed by atoms with van der Waals surface area (Å²) in [7, 11) is 3.93. The number of benzene rings is 1. The maximum atomic E-state index is 13.4. The fourth-order valence-corrected chi connectivity index (χ4v) is 1.38. The van der Waals surface area contributed by atoms with E-state index < -0.39 is 10.7 Å². The van der Waals surface area contributed by atoms with Gasteiger partial charge in [0, 0.05) is 12.6 Å². The van der Waals surface area contributed by atoms with Crippen LogP contribution in [0.3, 0.4) is 0 Å². The predicted molar refractivity (Wildman–Crippen MR) is 72.0 cm³/mol. The number of nitrogens with zero attached hydrogens (tertiary/aromatic N) is 2. The van der Waals surface area contributed by atoms with E-state index in [0.717, 1.165) is 19.0 Å². The molecule has 0 amide bonds. The Bertz CT molecular complexity index is 402. The molecule has 5 nitrogen and oxygen atoms in total. The summed E-state index contributed by atoms with van der Waals surface area (Å²) in [6.07, 6.45) is 0.878. The average molecular weight is 278 g/mol. The van der Waals surface area contributed by atoms with E-state index in [1.54, 1.807) is 0 Å².